The molecule has 0 aliphatic rings. The average Bonchev–Trinajstić information content (AvgIpc) is 2.82. The van der Waals surface area contributed by atoms with Crippen molar-refractivity contribution in [3.63, 3.8) is 0 Å². The topological polar surface area (TPSA) is 72.9 Å². The third-order valence-electron chi connectivity index (χ3n) is 2.98. The predicted molar refractivity (Wildman–Crippen MR) is 81.0 cm³/mol. The van der Waals surface area contributed by atoms with E-state index in [4.69, 9.17) is 5.73 Å². The number of nitrogens with zero attached hydrogens (tertiary/aromatic N) is 2. The highest BCUT2D eigenvalue weighted by molar-refractivity contribution is 5.85. The third kappa shape index (κ3) is 4.03. The Hall–Kier alpha value is -1.92. The van der Waals surface area contributed by atoms with Crippen LogP contribution in [0.25, 0.3) is 5.69 Å². The number of imidazole rings is 1. The van der Waals surface area contributed by atoms with Gasteiger partial charge in [-0.25, -0.2) is 9.37 Å². The first-order chi connectivity index (χ1) is 9.49. The molecule has 7 heteroatoms. The lowest BCUT2D eigenvalue weighted by Gasteiger charge is -2.10. The zero-order valence-corrected chi connectivity index (χ0v) is 12.7. The molecule has 0 saturated carbocycles. The molecule has 1 heterocycles. The lowest BCUT2D eigenvalue weighted by Crippen LogP contribution is -2.37. The standard InChI is InChI=1S/C14H17FN4O.ClH/c1-9(16)14(20)18-8-11-3-4-13(12(15)7-11)19-6-5-17-10(19)2;/h3-7,9H,8,16H2,1-2H3,(H,18,20);1H. The summed E-state index contributed by atoms with van der Waals surface area (Å²) in [6.07, 6.45) is 3.32. The number of benzene rings is 1. The summed E-state index contributed by atoms with van der Waals surface area (Å²) in [6, 6.07) is 4.25. The Morgan fingerprint density at radius 2 is 2.24 bits per heavy atom. The van der Waals surface area contributed by atoms with Crippen LogP contribution in [0.2, 0.25) is 0 Å². The third-order valence-corrected chi connectivity index (χ3v) is 2.98. The number of carbonyl (C=O) groups is 1. The van der Waals surface area contributed by atoms with Crippen LogP contribution < -0.4 is 11.1 Å². The summed E-state index contributed by atoms with van der Waals surface area (Å²) in [7, 11) is 0. The van der Waals surface area contributed by atoms with E-state index in [1.807, 2.05) is 0 Å². The Bertz CT molecular complexity index is 627. The van der Waals surface area contributed by atoms with Gasteiger partial charge in [0, 0.05) is 18.9 Å². The summed E-state index contributed by atoms with van der Waals surface area (Å²) in [6.45, 7) is 3.65. The smallest absolute Gasteiger partial charge is 0.236 e. The van der Waals surface area contributed by atoms with Crippen molar-refractivity contribution in [2.24, 2.45) is 5.73 Å². The van der Waals surface area contributed by atoms with Gasteiger partial charge in [-0.15, -0.1) is 12.4 Å². The molecule has 0 radical (unpaired) electrons. The van der Waals surface area contributed by atoms with Crippen LogP contribution in [0.1, 0.15) is 18.3 Å². The van der Waals surface area contributed by atoms with Crippen molar-refractivity contribution in [3.05, 3.63) is 47.8 Å². The number of hydrogen-bond donors (Lipinski definition) is 2. The van der Waals surface area contributed by atoms with Crippen LogP contribution in [0.3, 0.4) is 0 Å². The number of aryl methyl sites for hydroxylation is 1. The fourth-order valence-corrected chi connectivity index (χ4v) is 1.84. The van der Waals surface area contributed by atoms with E-state index in [1.165, 1.54) is 6.07 Å². The Balaban J connectivity index is 0.00000220. The Morgan fingerprint density at radius 3 is 2.76 bits per heavy atom. The number of nitrogens with two attached hydrogens (primary N) is 1. The first kappa shape index (κ1) is 17.1. The quantitative estimate of drug-likeness (QED) is 0.902. The lowest BCUT2D eigenvalue weighted by atomic mass is 10.2. The lowest BCUT2D eigenvalue weighted by molar-refractivity contribution is -0.122. The van der Waals surface area contributed by atoms with Gasteiger partial charge in [0.05, 0.1) is 11.7 Å². The minimum Gasteiger partial charge on any atom is -0.351 e. The molecule has 1 atom stereocenters. The van der Waals surface area contributed by atoms with Crippen molar-refractivity contribution in [2.45, 2.75) is 26.4 Å². The number of rotatable bonds is 4. The van der Waals surface area contributed by atoms with E-state index in [-0.39, 0.29) is 30.7 Å². The van der Waals surface area contributed by atoms with Gasteiger partial charge < -0.3 is 15.6 Å². The molecule has 2 rings (SSSR count). The van der Waals surface area contributed by atoms with E-state index in [0.29, 0.717) is 17.1 Å². The van der Waals surface area contributed by atoms with E-state index in [9.17, 15) is 9.18 Å². The number of halogens is 2. The molecule has 0 bridgehead atoms. The van der Waals surface area contributed by atoms with Crippen LogP contribution in [-0.2, 0) is 11.3 Å². The van der Waals surface area contributed by atoms with Crippen LogP contribution in [0.15, 0.2) is 30.6 Å². The molecule has 2 aromatic rings. The number of nitrogens with one attached hydrogen (secondary N) is 1. The van der Waals surface area contributed by atoms with E-state index in [0.717, 1.165) is 0 Å². The van der Waals surface area contributed by atoms with Crippen LogP contribution >= 0.6 is 12.4 Å². The van der Waals surface area contributed by atoms with Crippen molar-refractivity contribution < 1.29 is 9.18 Å². The van der Waals surface area contributed by atoms with E-state index < -0.39 is 6.04 Å². The second kappa shape index (κ2) is 7.19. The van der Waals surface area contributed by atoms with Crippen molar-refractivity contribution >= 4 is 18.3 Å². The van der Waals surface area contributed by atoms with Crippen molar-refractivity contribution in [1.29, 1.82) is 0 Å². The first-order valence-corrected chi connectivity index (χ1v) is 6.31. The molecular weight excluding hydrogens is 295 g/mol. The van der Waals surface area contributed by atoms with E-state index >= 15 is 0 Å². The van der Waals surface area contributed by atoms with Gasteiger partial charge >= 0.3 is 0 Å². The van der Waals surface area contributed by atoms with Gasteiger partial charge in [0.25, 0.3) is 0 Å². The van der Waals surface area contributed by atoms with Crippen LogP contribution in [0.4, 0.5) is 4.39 Å². The summed E-state index contributed by atoms with van der Waals surface area (Å²) >= 11 is 0. The summed E-state index contributed by atoms with van der Waals surface area (Å²) in [4.78, 5) is 15.4. The first-order valence-electron chi connectivity index (χ1n) is 6.31. The molecule has 1 aromatic heterocycles. The summed E-state index contributed by atoms with van der Waals surface area (Å²) in [5.74, 6) is 0.0838. The van der Waals surface area contributed by atoms with Gasteiger partial charge in [0.2, 0.25) is 5.91 Å². The number of hydrogen-bond acceptors (Lipinski definition) is 3. The number of aromatic nitrogens is 2. The van der Waals surface area contributed by atoms with Crippen molar-refractivity contribution in [2.75, 3.05) is 0 Å². The van der Waals surface area contributed by atoms with Crippen LogP contribution in [-0.4, -0.2) is 21.5 Å². The molecular formula is C14H18ClFN4O. The Labute approximate surface area is 128 Å². The average molecular weight is 313 g/mol. The Kier molecular flexibility index (Phi) is 5.87. The molecule has 21 heavy (non-hydrogen) atoms. The van der Waals surface area contributed by atoms with Gasteiger partial charge in [-0.2, -0.15) is 0 Å². The maximum Gasteiger partial charge on any atom is 0.236 e. The van der Waals surface area contributed by atoms with Crippen molar-refractivity contribution in [3.8, 4) is 5.69 Å². The molecule has 114 valence electrons. The molecule has 0 spiro atoms. The summed E-state index contributed by atoms with van der Waals surface area (Å²) in [5, 5.41) is 2.64. The molecule has 3 N–H and O–H groups in total. The molecule has 5 nitrogen and oxygen atoms in total. The van der Waals surface area contributed by atoms with Crippen LogP contribution in [0, 0.1) is 12.7 Å². The number of amides is 1. The van der Waals surface area contributed by atoms with Gasteiger partial charge in [-0.3, -0.25) is 4.79 Å². The van der Waals surface area contributed by atoms with Gasteiger partial charge in [-0.1, -0.05) is 6.07 Å². The molecule has 1 amide bonds. The summed E-state index contributed by atoms with van der Waals surface area (Å²) < 4.78 is 15.8. The van der Waals surface area contributed by atoms with Gasteiger partial charge in [0.1, 0.15) is 11.6 Å². The second-order valence-electron chi connectivity index (χ2n) is 4.64. The van der Waals surface area contributed by atoms with Gasteiger partial charge in [0.15, 0.2) is 0 Å². The minimum atomic E-state index is -0.576. The zero-order valence-electron chi connectivity index (χ0n) is 11.8. The van der Waals surface area contributed by atoms with Crippen molar-refractivity contribution in [1.82, 2.24) is 14.9 Å². The normalized spacial score (nSPS) is 11.6. The van der Waals surface area contributed by atoms with Crippen LogP contribution in [0.5, 0.6) is 0 Å². The Morgan fingerprint density at radius 1 is 1.52 bits per heavy atom. The molecule has 1 aromatic carbocycles. The SMILES string of the molecule is Cc1nccn1-c1ccc(CNC(=O)C(C)N)cc1F.Cl. The highest BCUT2D eigenvalue weighted by Crippen LogP contribution is 2.16. The zero-order chi connectivity index (χ0) is 14.7. The predicted octanol–water partition coefficient (Wildman–Crippen LogP) is 1.71. The monoisotopic (exact) mass is 312 g/mol. The second-order valence-corrected chi connectivity index (χ2v) is 4.64. The molecule has 0 saturated heterocycles. The molecule has 0 fully saturated rings. The van der Waals surface area contributed by atoms with Gasteiger partial charge in [-0.05, 0) is 31.5 Å². The molecule has 1 unspecified atom stereocenters. The molecule has 0 aliphatic carbocycles. The summed E-state index contributed by atoms with van der Waals surface area (Å²) in [5.41, 5.74) is 6.55. The maximum absolute atomic E-state index is 14.1. The minimum absolute atomic E-state index is 0. The fourth-order valence-electron chi connectivity index (χ4n) is 1.84. The fraction of sp³-hybridized carbons (Fsp3) is 0.286. The number of carbonyl (C=O) groups excluding carboxylic acids is 1. The highest BCUT2D eigenvalue weighted by Gasteiger charge is 2.10. The highest BCUT2D eigenvalue weighted by atomic mass is 35.5. The largest absolute Gasteiger partial charge is 0.351 e. The van der Waals surface area contributed by atoms with E-state index in [2.05, 4.69) is 10.3 Å². The molecule has 0 aliphatic heterocycles. The van der Waals surface area contributed by atoms with E-state index in [1.54, 1.807) is 42.9 Å². The maximum atomic E-state index is 14.1.